The first kappa shape index (κ1) is 12.1. The van der Waals surface area contributed by atoms with Crippen molar-refractivity contribution in [3.8, 4) is 0 Å². The minimum atomic E-state index is -0.156. The molecule has 0 aliphatic carbocycles. The van der Waals surface area contributed by atoms with Gasteiger partial charge in [0.1, 0.15) is 0 Å². The Morgan fingerprint density at radius 3 is 2.60 bits per heavy atom. The standard InChI is InChI=1S/C11H11Cl2NO/c1-14(2)7-6-10(15)8-4-3-5-9(12)11(8)13/h3-7H,1-2H3. The highest BCUT2D eigenvalue weighted by Gasteiger charge is 2.09. The summed E-state index contributed by atoms with van der Waals surface area (Å²) in [6.45, 7) is 0. The first-order chi connectivity index (χ1) is 7.02. The zero-order valence-electron chi connectivity index (χ0n) is 8.50. The number of rotatable bonds is 3. The first-order valence-corrected chi connectivity index (χ1v) is 5.11. The van der Waals surface area contributed by atoms with Gasteiger partial charge in [0.15, 0.2) is 5.78 Å². The SMILES string of the molecule is CN(C)C=CC(=O)c1cccc(Cl)c1Cl. The van der Waals surface area contributed by atoms with Crippen LogP contribution in [0.15, 0.2) is 30.5 Å². The molecule has 0 unspecified atom stereocenters. The van der Waals surface area contributed by atoms with Crippen LogP contribution in [0.2, 0.25) is 10.0 Å². The second-order valence-electron chi connectivity index (χ2n) is 3.24. The molecule has 1 rings (SSSR count). The maximum atomic E-state index is 11.7. The molecule has 1 aromatic carbocycles. The van der Waals surface area contributed by atoms with Crippen LogP contribution >= 0.6 is 23.2 Å². The van der Waals surface area contributed by atoms with Crippen molar-refractivity contribution >= 4 is 29.0 Å². The van der Waals surface area contributed by atoms with Gasteiger partial charge in [0.05, 0.1) is 10.0 Å². The van der Waals surface area contributed by atoms with Gasteiger partial charge < -0.3 is 4.90 Å². The molecule has 0 fully saturated rings. The average molecular weight is 244 g/mol. The van der Waals surface area contributed by atoms with Crippen LogP contribution in [0.3, 0.4) is 0 Å². The van der Waals surface area contributed by atoms with Crippen LogP contribution in [0.1, 0.15) is 10.4 Å². The number of hydrogen-bond acceptors (Lipinski definition) is 2. The first-order valence-electron chi connectivity index (χ1n) is 4.35. The van der Waals surface area contributed by atoms with Gasteiger partial charge in [0.25, 0.3) is 0 Å². The van der Waals surface area contributed by atoms with Crippen LogP contribution in [-0.2, 0) is 0 Å². The minimum absolute atomic E-state index is 0.156. The Morgan fingerprint density at radius 1 is 1.33 bits per heavy atom. The molecule has 80 valence electrons. The molecule has 15 heavy (non-hydrogen) atoms. The number of ketones is 1. The molecule has 0 amide bonds. The third kappa shape index (κ3) is 3.26. The van der Waals surface area contributed by atoms with Crippen molar-refractivity contribution in [1.29, 1.82) is 0 Å². The molecule has 0 radical (unpaired) electrons. The summed E-state index contributed by atoms with van der Waals surface area (Å²) in [5, 5.41) is 0.688. The lowest BCUT2D eigenvalue weighted by Gasteiger charge is -2.04. The van der Waals surface area contributed by atoms with E-state index in [0.29, 0.717) is 15.6 Å². The van der Waals surface area contributed by atoms with Crippen LogP contribution < -0.4 is 0 Å². The van der Waals surface area contributed by atoms with E-state index in [1.165, 1.54) is 6.08 Å². The van der Waals surface area contributed by atoms with Crippen molar-refractivity contribution in [1.82, 2.24) is 4.90 Å². The summed E-state index contributed by atoms with van der Waals surface area (Å²) in [6.07, 6.45) is 3.12. The quantitative estimate of drug-likeness (QED) is 0.600. The van der Waals surface area contributed by atoms with E-state index in [1.54, 1.807) is 29.3 Å². The summed E-state index contributed by atoms with van der Waals surface area (Å²) in [4.78, 5) is 13.4. The number of allylic oxidation sites excluding steroid dienone is 1. The largest absolute Gasteiger partial charge is 0.383 e. The van der Waals surface area contributed by atoms with Gasteiger partial charge in [-0.15, -0.1) is 0 Å². The maximum absolute atomic E-state index is 11.7. The van der Waals surface area contributed by atoms with Crippen molar-refractivity contribution in [3.63, 3.8) is 0 Å². The number of carbonyl (C=O) groups excluding carboxylic acids is 1. The Kier molecular flexibility index (Phi) is 4.18. The van der Waals surface area contributed by atoms with Crippen molar-refractivity contribution in [2.24, 2.45) is 0 Å². The summed E-state index contributed by atoms with van der Waals surface area (Å²) in [7, 11) is 3.67. The predicted octanol–water partition coefficient (Wildman–Crippen LogP) is 3.25. The van der Waals surface area contributed by atoms with Crippen LogP contribution in [-0.4, -0.2) is 24.8 Å². The Morgan fingerprint density at radius 2 is 2.00 bits per heavy atom. The molecule has 0 aliphatic rings. The molecule has 0 spiro atoms. The highest BCUT2D eigenvalue weighted by molar-refractivity contribution is 6.44. The second-order valence-corrected chi connectivity index (χ2v) is 4.03. The molecule has 0 saturated carbocycles. The number of benzene rings is 1. The zero-order chi connectivity index (χ0) is 11.4. The average Bonchev–Trinajstić information content (AvgIpc) is 2.18. The molecule has 4 heteroatoms. The summed E-state index contributed by atoms with van der Waals surface area (Å²) in [5.41, 5.74) is 0.419. The van der Waals surface area contributed by atoms with Crippen molar-refractivity contribution in [3.05, 3.63) is 46.1 Å². The number of halogens is 2. The smallest absolute Gasteiger partial charge is 0.188 e. The van der Waals surface area contributed by atoms with E-state index in [-0.39, 0.29) is 5.78 Å². The van der Waals surface area contributed by atoms with Gasteiger partial charge in [-0.2, -0.15) is 0 Å². The molecular formula is C11H11Cl2NO. The van der Waals surface area contributed by atoms with Crippen LogP contribution in [0.5, 0.6) is 0 Å². The van der Waals surface area contributed by atoms with Crippen molar-refractivity contribution < 1.29 is 4.79 Å². The topological polar surface area (TPSA) is 20.3 Å². The van der Waals surface area contributed by atoms with Gasteiger partial charge in [-0.1, -0.05) is 29.3 Å². The van der Waals surface area contributed by atoms with E-state index in [9.17, 15) is 4.79 Å². The molecule has 0 N–H and O–H groups in total. The number of nitrogens with zero attached hydrogens (tertiary/aromatic N) is 1. The molecule has 0 saturated heterocycles. The minimum Gasteiger partial charge on any atom is -0.383 e. The number of carbonyl (C=O) groups is 1. The predicted molar refractivity (Wildman–Crippen MR) is 63.6 cm³/mol. The van der Waals surface area contributed by atoms with Crippen molar-refractivity contribution in [2.75, 3.05) is 14.1 Å². The van der Waals surface area contributed by atoms with Gasteiger partial charge >= 0.3 is 0 Å². The van der Waals surface area contributed by atoms with Crippen molar-refractivity contribution in [2.45, 2.75) is 0 Å². The molecule has 0 bridgehead atoms. The molecule has 0 aliphatic heterocycles. The fraction of sp³-hybridized carbons (Fsp3) is 0.182. The zero-order valence-corrected chi connectivity index (χ0v) is 10.0. The Balaban J connectivity index is 2.97. The van der Waals surface area contributed by atoms with Crippen LogP contribution in [0.4, 0.5) is 0 Å². The number of hydrogen-bond donors (Lipinski definition) is 0. The molecular weight excluding hydrogens is 233 g/mol. The highest BCUT2D eigenvalue weighted by Crippen LogP contribution is 2.25. The second kappa shape index (κ2) is 5.19. The molecule has 0 atom stereocenters. The summed E-state index contributed by atoms with van der Waals surface area (Å²) in [6, 6.07) is 5.00. The van der Waals surface area contributed by atoms with Gasteiger partial charge in [-0.25, -0.2) is 0 Å². The van der Waals surface area contributed by atoms with E-state index in [4.69, 9.17) is 23.2 Å². The lowest BCUT2D eigenvalue weighted by Crippen LogP contribution is -2.03. The fourth-order valence-electron chi connectivity index (χ4n) is 1.00. The normalized spacial score (nSPS) is 10.7. The summed E-state index contributed by atoms with van der Waals surface area (Å²) >= 11 is 11.7. The molecule has 0 aromatic heterocycles. The summed E-state index contributed by atoms with van der Waals surface area (Å²) in [5.74, 6) is -0.156. The molecule has 2 nitrogen and oxygen atoms in total. The lowest BCUT2D eigenvalue weighted by molar-refractivity contribution is 0.104. The van der Waals surface area contributed by atoms with Crippen LogP contribution in [0, 0.1) is 0 Å². The van der Waals surface area contributed by atoms with E-state index in [1.807, 2.05) is 14.1 Å². The van der Waals surface area contributed by atoms with Gasteiger partial charge in [0.2, 0.25) is 0 Å². The Labute approximate surface area is 99.1 Å². The van der Waals surface area contributed by atoms with Gasteiger partial charge in [-0.05, 0) is 12.1 Å². The lowest BCUT2D eigenvalue weighted by atomic mass is 10.1. The van der Waals surface area contributed by atoms with E-state index < -0.39 is 0 Å². The van der Waals surface area contributed by atoms with Gasteiger partial charge in [-0.3, -0.25) is 4.79 Å². The fourth-order valence-corrected chi connectivity index (χ4v) is 1.39. The van der Waals surface area contributed by atoms with Crippen LogP contribution in [0.25, 0.3) is 0 Å². The van der Waals surface area contributed by atoms with E-state index >= 15 is 0 Å². The Hall–Kier alpha value is -0.990. The molecule has 0 heterocycles. The van der Waals surface area contributed by atoms with Gasteiger partial charge in [0, 0.05) is 31.9 Å². The van der Waals surface area contributed by atoms with E-state index in [2.05, 4.69) is 0 Å². The third-order valence-corrected chi connectivity index (χ3v) is 2.56. The third-order valence-electron chi connectivity index (χ3n) is 1.74. The summed E-state index contributed by atoms with van der Waals surface area (Å²) < 4.78 is 0. The monoisotopic (exact) mass is 243 g/mol. The molecule has 1 aromatic rings. The highest BCUT2D eigenvalue weighted by atomic mass is 35.5. The Bertz CT molecular complexity index is 400. The maximum Gasteiger partial charge on any atom is 0.188 e. The van der Waals surface area contributed by atoms with E-state index in [0.717, 1.165) is 0 Å².